The summed E-state index contributed by atoms with van der Waals surface area (Å²) in [5.74, 6) is -0.357. The maximum Gasteiger partial charge on any atom is 0.309 e. The van der Waals surface area contributed by atoms with E-state index in [-0.39, 0.29) is 17.8 Å². The lowest BCUT2D eigenvalue weighted by molar-refractivity contribution is -0.145. The third kappa shape index (κ3) is 6.26. The van der Waals surface area contributed by atoms with E-state index in [1.165, 1.54) is 7.11 Å². The Hall–Kier alpha value is -1.88. The minimum atomic E-state index is -0.225. The molecule has 1 unspecified atom stereocenters. The number of esters is 1. The molecule has 0 spiro atoms. The molecule has 0 fully saturated rings. The van der Waals surface area contributed by atoms with E-state index in [0.29, 0.717) is 26.1 Å². The molecule has 5 nitrogen and oxygen atoms in total. The first-order valence-corrected chi connectivity index (χ1v) is 7.48. The van der Waals surface area contributed by atoms with Crippen molar-refractivity contribution < 1.29 is 14.3 Å². The van der Waals surface area contributed by atoms with Gasteiger partial charge in [-0.25, -0.2) is 0 Å². The highest BCUT2D eigenvalue weighted by Gasteiger charge is 2.18. The van der Waals surface area contributed by atoms with Crippen molar-refractivity contribution in [1.29, 1.82) is 0 Å². The van der Waals surface area contributed by atoms with Crippen molar-refractivity contribution in [3.63, 3.8) is 0 Å². The SMILES string of the molecule is COC(=O)C(C)CN(CCC(=O)N(C)C)Cc1ccccc1. The normalized spacial score (nSPS) is 12.0. The summed E-state index contributed by atoms with van der Waals surface area (Å²) in [6.45, 7) is 3.75. The van der Waals surface area contributed by atoms with Crippen molar-refractivity contribution in [2.45, 2.75) is 19.9 Å². The summed E-state index contributed by atoms with van der Waals surface area (Å²) in [7, 11) is 4.90. The Morgan fingerprint density at radius 1 is 1.18 bits per heavy atom. The molecule has 0 aliphatic carbocycles. The Kier molecular flexibility index (Phi) is 7.60. The van der Waals surface area contributed by atoms with Crippen LogP contribution in [0.2, 0.25) is 0 Å². The van der Waals surface area contributed by atoms with Gasteiger partial charge in [-0.05, 0) is 5.56 Å². The predicted octanol–water partition coefficient (Wildman–Crippen LogP) is 1.78. The van der Waals surface area contributed by atoms with Gasteiger partial charge in [0.2, 0.25) is 5.91 Å². The van der Waals surface area contributed by atoms with Gasteiger partial charge in [0, 0.05) is 40.2 Å². The van der Waals surface area contributed by atoms with Crippen LogP contribution in [0.5, 0.6) is 0 Å². The number of rotatable bonds is 8. The minimum absolute atomic E-state index is 0.0868. The van der Waals surface area contributed by atoms with Gasteiger partial charge in [0.1, 0.15) is 0 Å². The summed E-state index contributed by atoms with van der Waals surface area (Å²) < 4.78 is 4.79. The Balaban J connectivity index is 2.67. The second-order valence-corrected chi connectivity index (χ2v) is 5.68. The highest BCUT2D eigenvalue weighted by molar-refractivity contribution is 5.75. The highest BCUT2D eigenvalue weighted by Crippen LogP contribution is 2.09. The number of hydrogen-bond acceptors (Lipinski definition) is 4. The number of amides is 1. The van der Waals surface area contributed by atoms with Crippen molar-refractivity contribution in [2.75, 3.05) is 34.3 Å². The molecule has 0 heterocycles. The van der Waals surface area contributed by atoms with Crippen molar-refractivity contribution >= 4 is 11.9 Å². The Morgan fingerprint density at radius 3 is 2.36 bits per heavy atom. The molecule has 1 aromatic rings. The molecule has 0 saturated carbocycles. The number of nitrogens with zero attached hydrogens (tertiary/aromatic N) is 2. The van der Waals surface area contributed by atoms with Crippen LogP contribution < -0.4 is 0 Å². The second-order valence-electron chi connectivity index (χ2n) is 5.68. The van der Waals surface area contributed by atoms with Gasteiger partial charge in [0.15, 0.2) is 0 Å². The van der Waals surface area contributed by atoms with Crippen LogP contribution in [0.1, 0.15) is 18.9 Å². The number of methoxy groups -OCH3 is 1. The summed E-state index contributed by atoms with van der Waals surface area (Å²) in [5, 5.41) is 0. The molecule has 1 atom stereocenters. The molecule has 0 aliphatic heterocycles. The van der Waals surface area contributed by atoms with Crippen LogP contribution in [-0.2, 0) is 20.9 Å². The van der Waals surface area contributed by atoms with E-state index in [1.807, 2.05) is 37.3 Å². The number of ether oxygens (including phenoxy) is 1. The molecule has 0 aromatic heterocycles. The van der Waals surface area contributed by atoms with Crippen molar-refractivity contribution in [2.24, 2.45) is 5.92 Å². The summed E-state index contributed by atoms with van der Waals surface area (Å²) in [5.41, 5.74) is 1.16. The number of hydrogen-bond donors (Lipinski definition) is 0. The Morgan fingerprint density at radius 2 is 1.82 bits per heavy atom. The third-order valence-electron chi connectivity index (χ3n) is 3.53. The summed E-state index contributed by atoms with van der Waals surface area (Å²) in [4.78, 5) is 27.1. The Labute approximate surface area is 132 Å². The average molecular weight is 306 g/mol. The van der Waals surface area contributed by atoms with Crippen molar-refractivity contribution in [3.05, 3.63) is 35.9 Å². The fourth-order valence-corrected chi connectivity index (χ4v) is 2.22. The van der Waals surface area contributed by atoms with Crippen LogP contribution in [0, 0.1) is 5.92 Å². The quantitative estimate of drug-likeness (QED) is 0.687. The van der Waals surface area contributed by atoms with Gasteiger partial charge in [-0.1, -0.05) is 37.3 Å². The van der Waals surface area contributed by atoms with E-state index in [2.05, 4.69) is 4.90 Å². The van der Waals surface area contributed by atoms with Crippen LogP contribution in [0.3, 0.4) is 0 Å². The Bertz CT molecular complexity index is 474. The zero-order valence-corrected chi connectivity index (χ0v) is 13.9. The lowest BCUT2D eigenvalue weighted by atomic mass is 10.1. The lowest BCUT2D eigenvalue weighted by Gasteiger charge is -2.25. The van der Waals surface area contributed by atoms with Crippen molar-refractivity contribution in [3.8, 4) is 0 Å². The molecule has 1 amide bonds. The number of carbonyl (C=O) groups is 2. The van der Waals surface area contributed by atoms with Gasteiger partial charge in [-0.3, -0.25) is 14.5 Å². The number of carbonyl (C=O) groups excluding carboxylic acids is 2. The molecule has 22 heavy (non-hydrogen) atoms. The first-order valence-electron chi connectivity index (χ1n) is 7.48. The average Bonchev–Trinajstić information content (AvgIpc) is 2.52. The topological polar surface area (TPSA) is 49.9 Å². The molecular weight excluding hydrogens is 280 g/mol. The summed E-state index contributed by atoms with van der Waals surface area (Å²) in [6.07, 6.45) is 0.438. The zero-order chi connectivity index (χ0) is 16.5. The zero-order valence-electron chi connectivity index (χ0n) is 13.9. The van der Waals surface area contributed by atoms with Crippen molar-refractivity contribution in [1.82, 2.24) is 9.80 Å². The molecular formula is C17H26N2O3. The van der Waals surface area contributed by atoms with Gasteiger partial charge in [-0.15, -0.1) is 0 Å². The molecule has 122 valence electrons. The first kappa shape index (κ1) is 18.2. The molecule has 1 aromatic carbocycles. The molecule has 1 rings (SSSR count). The van der Waals surface area contributed by atoms with Crippen LogP contribution in [0.15, 0.2) is 30.3 Å². The fraction of sp³-hybridized carbons (Fsp3) is 0.529. The van der Waals surface area contributed by atoms with E-state index in [4.69, 9.17) is 4.74 Å². The van der Waals surface area contributed by atoms with Gasteiger partial charge < -0.3 is 9.64 Å². The fourth-order valence-electron chi connectivity index (χ4n) is 2.22. The maximum atomic E-state index is 11.8. The molecule has 0 saturated heterocycles. The molecule has 0 bridgehead atoms. The minimum Gasteiger partial charge on any atom is -0.469 e. The van der Waals surface area contributed by atoms with Crippen LogP contribution in [-0.4, -0.2) is 56.0 Å². The molecule has 5 heteroatoms. The van der Waals surface area contributed by atoms with Crippen LogP contribution in [0.25, 0.3) is 0 Å². The van der Waals surface area contributed by atoms with Gasteiger partial charge in [0.05, 0.1) is 13.0 Å². The second kappa shape index (κ2) is 9.20. The van der Waals surface area contributed by atoms with E-state index >= 15 is 0 Å². The van der Waals surface area contributed by atoms with E-state index < -0.39 is 0 Å². The highest BCUT2D eigenvalue weighted by atomic mass is 16.5. The molecule has 0 aliphatic rings. The maximum absolute atomic E-state index is 11.8. The van der Waals surface area contributed by atoms with Gasteiger partial charge in [-0.2, -0.15) is 0 Å². The smallest absolute Gasteiger partial charge is 0.309 e. The lowest BCUT2D eigenvalue weighted by Crippen LogP contribution is -2.35. The van der Waals surface area contributed by atoms with Crippen LogP contribution >= 0.6 is 0 Å². The standard InChI is InChI=1S/C17H26N2O3/c1-14(17(21)22-4)12-19(11-10-16(20)18(2)3)13-15-8-6-5-7-9-15/h5-9,14H,10-13H2,1-4H3. The van der Waals surface area contributed by atoms with E-state index in [0.717, 1.165) is 5.56 Å². The van der Waals surface area contributed by atoms with E-state index in [9.17, 15) is 9.59 Å². The summed E-state index contributed by atoms with van der Waals surface area (Å²) >= 11 is 0. The van der Waals surface area contributed by atoms with Gasteiger partial charge >= 0.3 is 5.97 Å². The first-order chi connectivity index (χ1) is 10.4. The number of benzene rings is 1. The van der Waals surface area contributed by atoms with E-state index in [1.54, 1.807) is 19.0 Å². The monoisotopic (exact) mass is 306 g/mol. The van der Waals surface area contributed by atoms with Gasteiger partial charge in [0.25, 0.3) is 0 Å². The largest absolute Gasteiger partial charge is 0.469 e. The predicted molar refractivity (Wildman–Crippen MR) is 86.2 cm³/mol. The molecule has 0 radical (unpaired) electrons. The molecule has 0 N–H and O–H groups in total. The summed E-state index contributed by atoms with van der Waals surface area (Å²) in [6, 6.07) is 10.0. The third-order valence-corrected chi connectivity index (χ3v) is 3.53. The van der Waals surface area contributed by atoms with Crippen LogP contribution in [0.4, 0.5) is 0 Å².